The highest BCUT2D eigenvalue weighted by Gasteiger charge is 2.13. The Kier molecular flexibility index (Phi) is 11.2. The van der Waals surface area contributed by atoms with Crippen LogP contribution in [0.15, 0.2) is 60.7 Å². The van der Waals surface area contributed by atoms with Crippen LogP contribution in [0.5, 0.6) is 17.2 Å². The number of fused-ring (bicyclic) bond motifs is 1. The molecule has 0 fully saturated rings. The van der Waals surface area contributed by atoms with E-state index < -0.39 is 12.0 Å². The molecule has 4 rings (SSSR count). The lowest BCUT2D eigenvalue weighted by atomic mass is 10.0. The third kappa shape index (κ3) is 8.38. The van der Waals surface area contributed by atoms with E-state index in [1.54, 1.807) is 12.4 Å². The Labute approximate surface area is 217 Å². The summed E-state index contributed by atoms with van der Waals surface area (Å²) in [6, 6.07) is 20.4. The lowest BCUT2D eigenvalue weighted by molar-refractivity contribution is -0.118. The van der Waals surface area contributed by atoms with Crippen molar-refractivity contribution in [2.75, 3.05) is 7.11 Å². The quantitative estimate of drug-likeness (QED) is 0.257. The van der Waals surface area contributed by atoms with Crippen molar-refractivity contribution >= 4 is 22.9 Å². The zero-order valence-electron chi connectivity index (χ0n) is 22.2. The van der Waals surface area contributed by atoms with E-state index in [0.717, 1.165) is 59.2 Å². The van der Waals surface area contributed by atoms with Gasteiger partial charge >= 0.3 is 6.09 Å². The average Bonchev–Trinajstić information content (AvgIpc) is 3.29. The van der Waals surface area contributed by atoms with Crippen molar-refractivity contribution in [1.82, 2.24) is 15.5 Å². The van der Waals surface area contributed by atoms with Gasteiger partial charge < -0.3 is 14.6 Å². The zero-order valence-corrected chi connectivity index (χ0v) is 22.2. The van der Waals surface area contributed by atoms with Crippen molar-refractivity contribution in [3.63, 3.8) is 0 Å². The first kappa shape index (κ1) is 28.9. The Bertz CT molecular complexity index is 1320. The normalized spacial score (nSPS) is 9.89. The summed E-state index contributed by atoms with van der Waals surface area (Å²) in [6.07, 6.45) is 0.685. The number of rotatable bonds is 6. The molecule has 2 amide bonds. The number of aromatic amines is 1. The molecule has 0 radical (unpaired) electrons. The number of carboxylic acid groups (broad SMARTS) is 1. The third-order valence-corrected chi connectivity index (χ3v) is 5.12. The highest BCUT2D eigenvalue weighted by atomic mass is 16.5. The number of nitrogens with zero attached hydrogens (tertiary/aromatic N) is 1. The summed E-state index contributed by atoms with van der Waals surface area (Å²) < 4.78 is 11.5. The van der Waals surface area contributed by atoms with Crippen molar-refractivity contribution in [3.05, 3.63) is 71.8 Å². The molecular weight excluding hydrogens is 470 g/mol. The van der Waals surface area contributed by atoms with E-state index in [4.69, 9.17) is 14.6 Å². The lowest BCUT2D eigenvalue weighted by Gasteiger charge is -2.13. The number of methoxy groups -OCH3 is 1. The van der Waals surface area contributed by atoms with Gasteiger partial charge in [-0.05, 0) is 66.9 Å². The Hall–Kier alpha value is -4.33. The maximum absolute atomic E-state index is 9.76. The number of carbonyl (C=O) groups excluding carboxylic acids is 1. The summed E-state index contributed by atoms with van der Waals surface area (Å²) in [5.74, 6) is 2.02. The number of benzene rings is 3. The highest BCUT2D eigenvalue weighted by molar-refractivity contribution is 5.93. The molecular formula is C29H35N3O5. The molecule has 0 aliphatic heterocycles. The molecule has 37 heavy (non-hydrogen) atoms. The largest absolute Gasteiger partial charge is 0.497 e. The first-order chi connectivity index (χ1) is 17.8. The molecule has 0 atom stereocenters. The van der Waals surface area contributed by atoms with Crippen molar-refractivity contribution in [2.45, 2.75) is 47.5 Å². The van der Waals surface area contributed by atoms with E-state index in [2.05, 4.69) is 48.3 Å². The molecule has 0 unspecified atom stereocenters. The standard InChI is InChI=1S/C24H24N2O2.C3H5NO3.C2H6/c1-4-6-17-14-18(9-12-23(17)28-20-8-5-7-16(2)13-20)24-21-11-10-19(27-3)15-22(21)25-26-24;1-2(5)4-3(6)7;1-2/h5,7-15H,4,6H2,1-3H3,(H,25,26);1H3,(H,4,5)(H,6,7);1-2H3. The number of aromatic nitrogens is 2. The van der Waals surface area contributed by atoms with Gasteiger partial charge in [-0.3, -0.25) is 15.2 Å². The van der Waals surface area contributed by atoms with Gasteiger partial charge in [0.1, 0.15) is 17.2 Å². The number of nitrogens with one attached hydrogen (secondary N) is 2. The number of hydrogen-bond donors (Lipinski definition) is 3. The van der Waals surface area contributed by atoms with E-state index >= 15 is 0 Å². The summed E-state index contributed by atoms with van der Waals surface area (Å²) in [7, 11) is 1.67. The van der Waals surface area contributed by atoms with Gasteiger partial charge in [-0.2, -0.15) is 5.10 Å². The number of H-pyrrole nitrogens is 1. The minimum absolute atomic E-state index is 0.562. The molecule has 0 spiro atoms. The molecule has 8 heteroatoms. The summed E-state index contributed by atoms with van der Waals surface area (Å²) in [5.41, 5.74) is 5.36. The van der Waals surface area contributed by atoms with Crippen LogP contribution in [0.1, 0.15) is 45.2 Å². The number of hydrogen-bond acceptors (Lipinski definition) is 5. The van der Waals surface area contributed by atoms with Gasteiger partial charge in [0.25, 0.3) is 0 Å². The van der Waals surface area contributed by atoms with Gasteiger partial charge in [0.2, 0.25) is 5.91 Å². The van der Waals surface area contributed by atoms with E-state index in [-0.39, 0.29) is 0 Å². The molecule has 4 aromatic rings. The number of amides is 2. The van der Waals surface area contributed by atoms with E-state index in [1.807, 2.05) is 50.2 Å². The predicted octanol–water partition coefficient (Wildman–Crippen LogP) is 7.12. The van der Waals surface area contributed by atoms with Gasteiger partial charge in [0.15, 0.2) is 0 Å². The maximum atomic E-state index is 9.76. The number of imide groups is 1. The van der Waals surface area contributed by atoms with Crippen LogP contribution < -0.4 is 14.8 Å². The van der Waals surface area contributed by atoms with E-state index in [1.165, 1.54) is 11.1 Å². The van der Waals surface area contributed by atoms with Gasteiger partial charge in [0.05, 0.1) is 18.3 Å². The van der Waals surface area contributed by atoms with Crippen LogP contribution in [0.4, 0.5) is 4.79 Å². The second-order valence-corrected chi connectivity index (χ2v) is 7.96. The Morgan fingerprint density at radius 1 is 1.03 bits per heavy atom. The fourth-order valence-electron chi connectivity index (χ4n) is 3.59. The Morgan fingerprint density at radius 2 is 1.78 bits per heavy atom. The smallest absolute Gasteiger partial charge is 0.411 e. The minimum Gasteiger partial charge on any atom is -0.497 e. The minimum atomic E-state index is -1.31. The highest BCUT2D eigenvalue weighted by Crippen LogP contribution is 2.34. The van der Waals surface area contributed by atoms with Gasteiger partial charge in [-0.15, -0.1) is 0 Å². The van der Waals surface area contributed by atoms with Crippen molar-refractivity contribution in [2.24, 2.45) is 0 Å². The molecule has 196 valence electrons. The molecule has 8 nitrogen and oxygen atoms in total. The van der Waals surface area contributed by atoms with Crippen LogP contribution in [0, 0.1) is 6.92 Å². The third-order valence-electron chi connectivity index (χ3n) is 5.12. The number of carbonyl (C=O) groups is 2. The van der Waals surface area contributed by atoms with E-state index in [9.17, 15) is 9.59 Å². The first-order valence-corrected chi connectivity index (χ1v) is 12.2. The van der Waals surface area contributed by atoms with Crippen LogP contribution in [-0.4, -0.2) is 34.4 Å². The van der Waals surface area contributed by atoms with E-state index in [0.29, 0.717) is 0 Å². The Morgan fingerprint density at radius 3 is 2.38 bits per heavy atom. The summed E-state index contributed by atoms with van der Waals surface area (Å²) >= 11 is 0. The number of ether oxygens (including phenoxy) is 2. The molecule has 0 bridgehead atoms. The molecule has 0 saturated heterocycles. The van der Waals surface area contributed by atoms with Gasteiger partial charge in [-0.25, -0.2) is 4.79 Å². The number of aryl methyl sites for hydroxylation is 2. The second-order valence-electron chi connectivity index (χ2n) is 7.96. The van der Waals surface area contributed by atoms with Crippen LogP contribution in [0.25, 0.3) is 22.2 Å². The zero-order chi connectivity index (χ0) is 27.4. The molecule has 1 heterocycles. The summed E-state index contributed by atoms with van der Waals surface area (Å²) in [5, 5.41) is 18.1. The molecule has 1 aromatic heterocycles. The van der Waals surface area contributed by atoms with Crippen molar-refractivity contribution in [3.8, 4) is 28.5 Å². The average molecular weight is 506 g/mol. The molecule has 3 aromatic carbocycles. The molecule has 3 N–H and O–H groups in total. The Balaban J connectivity index is 0.000000465. The van der Waals surface area contributed by atoms with Crippen molar-refractivity contribution < 1.29 is 24.2 Å². The fraction of sp³-hybridized carbons (Fsp3) is 0.276. The second kappa shape index (κ2) is 14.3. The van der Waals surface area contributed by atoms with Crippen molar-refractivity contribution in [1.29, 1.82) is 0 Å². The summed E-state index contributed by atoms with van der Waals surface area (Å²) in [6.45, 7) is 9.38. The molecule has 0 aliphatic carbocycles. The van der Waals surface area contributed by atoms with Crippen LogP contribution in [0.2, 0.25) is 0 Å². The van der Waals surface area contributed by atoms with Crippen LogP contribution in [0.3, 0.4) is 0 Å². The summed E-state index contributed by atoms with van der Waals surface area (Å²) in [4.78, 5) is 19.2. The van der Waals surface area contributed by atoms with Gasteiger partial charge in [0, 0.05) is 23.9 Å². The van der Waals surface area contributed by atoms with Gasteiger partial charge in [-0.1, -0.05) is 39.3 Å². The molecule has 0 saturated carbocycles. The van der Waals surface area contributed by atoms with Crippen LogP contribution >= 0.6 is 0 Å². The fourth-order valence-corrected chi connectivity index (χ4v) is 3.59. The predicted molar refractivity (Wildman–Crippen MR) is 147 cm³/mol. The SMILES string of the molecule is CC.CC(=O)NC(=O)O.CCCc1cc(-c2n[nH]c3cc(OC)ccc23)ccc1Oc1cccc(C)c1. The monoisotopic (exact) mass is 505 g/mol. The topological polar surface area (TPSA) is 114 Å². The van der Waals surface area contributed by atoms with Crippen LogP contribution in [-0.2, 0) is 11.2 Å². The maximum Gasteiger partial charge on any atom is 0.411 e. The first-order valence-electron chi connectivity index (χ1n) is 12.2. The molecule has 0 aliphatic rings. The lowest BCUT2D eigenvalue weighted by Crippen LogP contribution is -2.25.